The summed E-state index contributed by atoms with van der Waals surface area (Å²) >= 11 is 0. The van der Waals surface area contributed by atoms with Gasteiger partial charge in [-0.25, -0.2) is 15.0 Å². The highest BCUT2D eigenvalue weighted by Crippen LogP contribution is 2.30. The van der Waals surface area contributed by atoms with E-state index in [-0.39, 0.29) is 5.91 Å². The molecule has 0 spiro atoms. The SMILES string of the molecule is Cn1cc(-c2nc(N3CCOCC3)c3nc(C(=O)N4CCC(c5ccccc5)CC4)[nH]c3n2)cn1. The molecule has 1 aromatic carbocycles. The Morgan fingerprint density at radius 2 is 1.80 bits per heavy atom. The summed E-state index contributed by atoms with van der Waals surface area (Å²) in [5, 5.41) is 4.25. The summed E-state index contributed by atoms with van der Waals surface area (Å²) in [5.74, 6) is 1.97. The van der Waals surface area contributed by atoms with Crippen LogP contribution in [-0.4, -0.2) is 79.9 Å². The second-order valence-electron chi connectivity index (χ2n) is 9.13. The molecule has 0 radical (unpaired) electrons. The van der Waals surface area contributed by atoms with E-state index < -0.39 is 0 Å². The highest BCUT2D eigenvalue weighted by atomic mass is 16.5. The second-order valence-corrected chi connectivity index (χ2v) is 9.13. The fourth-order valence-corrected chi connectivity index (χ4v) is 4.94. The number of fused-ring (bicyclic) bond motifs is 1. The lowest BCUT2D eigenvalue weighted by molar-refractivity contribution is 0.0702. The molecule has 0 unspecified atom stereocenters. The number of nitrogens with zero attached hydrogens (tertiary/aromatic N) is 7. The number of anilines is 1. The molecule has 10 heteroatoms. The number of nitrogens with one attached hydrogen (secondary N) is 1. The Bertz CT molecular complexity index is 1330. The standard InChI is InChI=1S/C25H28N8O2/c1-31-16-19(15-26-31)21-28-22-20(24(30-21)32-11-13-35-14-12-32)27-23(29-22)25(34)33-9-7-18(8-10-33)17-5-3-2-4-6-17/h2-6,15-16,18H,7-14H2,1H3,(H,27,28,29,30). The number of aromatic nitrogens is 6. The summed E-state index contributed by atoms with van der Waals surface area (Å²) < 4.78 is 7.25. The number of morpholine rings is 1. The third kappa shape index (κ3) is 4.25. The lowest BCUT2D eigenvalue weighted by atomic mass is 9.89. The number of rotatable bonds is 4. The molecule has 35 heavy (non-hydrogen) atoms. The monoisotopic (exact) mass is 472 g/mol. The molecule has 3 aromatic heterocycles. The van der Waals surface area contributed by atoms with Crippen LogP contribution in [0.3, 0.4) is 0 Å². The van der Waals surface area contributed by atoms with E-state index in [9.17, 15) is 4.79 Å². The van der Waals surface area contributed by atoms with Crippen LogP contribution in [0.4, 0.5) is 5.82 Å². The zero-order valence-corrected chi connectivity index (χ0v) is 19.7. The Morgan fingerprint density at radius 3 is 2.51 bits per heavy atom. The first kappa shape index (κ1) is 21.7. The molecule has 0 aliphatic carbocycles. The molecule has 0 saturated carbocycles. The number of carbonyl (C=O) groups is 1. The maximum atomic E-state index is 13.4. The van der Waals surface area contributed by atoms with Gasteiger partial charge in [-0.2, -0.15) is 5.10 Å². The van der Waals surface area contributed by atoms with E-state index in [0.717, 1.165) is 24.2 Å². The van der Waals surface area contributed by atoms with E-state index in [1.807, 2.05) is 24.2 Å². The highest BCUT2D eigenvalue weighted by molar-refractivity contribution is 5.96. The van der Waals surface area contributed by atoms with Crippen LogP contribution in [0.15, 0.2) is 42.7 Å². The smallest absolute Gasteiger partial charge is 0.289 e. The van der Waals surface area contributed by atoms with Crippen LogP contribution in [0.25, 0.3) is 22.6 Å². The molecule has 10 nitrogen and oxygen atoms in total. The molecule has 1 N–H and O–H groups in total. The Labute approximate surface area is 203 Å². The summed E-state index contributed by atoms with van der Waals surface area (Å²) in [7, 11) is 1.86. The van der Waals surface area contributed by atoms with Gasteiger partial charge in [-0.3, -0.25) is 9.48 Å². The number of aryl methyl sites for hydroxylation is 1. The van der Waals surface area contributed by atoms with Gasteiger partial charge in [0.05, 0.1) is 25.0 Å². The van der Waals surface area contributed by atoms with E-state index in [1.165, 1.54) is 5.56 Å². The zero-order chi connectivity index (χ0) is 23.8. The van der Waals surface area contributed by atoms with Crippen molar-refractivity contribution >= 4 is 22.9 Å². The van der Waals surface area contributed by atoms with E-state index in [4.69, 9.17) is 19.7 Å². The minimum absolute atomic E-state index is 0.0923. The average Bonchev–Trinajstić information content (AvgIpc) is 3.55. The van der Waals surface area contributed by atoms with Crippen molar-refractivity contribution in [3.05, 3.63) is 54.1 Å². The summed E-state index contributed by atoms with van der Waals surface area (Å²) in [5.41, 5.74) is 3.33. The van der Waals surface area contributed by atoms with E-state index >= 15 is 0 Å². The maximum Gasteiger partial charge on any atom is 0.289 e. The number of carbonyl (C=O) groups excluding carboxylic acids is 1. The Balaban J connectivity index is 1.29. The van der Waals surface area contributed by atoms with Gasteiger partial charge in [0.15, 0.2) is 28.6 Å². The molecule has 0 atom stereocenters. The van der Waals surface area contributed by atoms with Gasteiger partial charge in [-0.1, -0.05) is 30.3 Å². The minimum atomic E-state index is -0.0923. The third-order valence-corrected chi connectivity index (χ3v) is 6.86. The Hall–Kier alpha value is -3.79. The molecule has 2 aliphatic heterocycles. The lowest BCUT2D eigenvalue weighted by Gasteiger charge is -2.31. The molecular weight excluding hydrogens is 444 g/mol. The van der Waals surface area contributed by atoms with Crippen LogP contribution in [0.1, 0.15) is 34.9 Å². The maximum absolute atomic E-state index is 13.4. The number of imidazole rings is 1. The van der Waals surface area contributed by atoms with Gasteiger partial charge in [0.2, 0.25) is 0 Å². The van der Waals surface area contributed by atoms with Crippen molar-refractivity contribution in [2.24, 2.45) is 7.05 Å². The summed E-state index contributed by atoms with van der Waals surface area (Å²) in [6.07, 6.45) is 5.51. The van der Waals surface area contributed by atoms with Crippen molar-refractivity contribution in [2.75, 3.05) is 44.3 Å². The van der Waals surface area contributed by atoms with Crippen molar-refractivity contribution < 1.29 is 9.53 Å². The van der Waals surface area contributed by atoms with Gasteiger partial charge in [-0.15, -0.1) is 0 Å². The first-order valence-electron chi connectivity index (χ1n) is 12.1. The second kappa shape index (κ2) is 9.10. The number of ether oxygens (including phenoxy) is 1. The van der Waals surface area contributed by atoms with Gasteiger partial charge in [0, 0.05) is 39.4 Å². The largest absolute Gasteiger partial charge is 0.378 e. The molecule has 2 aliphatic rings. The van der Waals surface area contributed by atoms with Gasteiger partial charge in [0.1, 0.15) is 0 Å². The summed E-state index contributed by atoms with van der Waals surface area (Å²) in [4.78, 5) is 34.9. The number of hydrogen-bond donors (Lipinski definition) is 1. The fraction of sp³-hybridized carbons (Fsp3) is 0.400. The van der Waals surface area contributed by atoms with Gasteiger partial charge in [-0.05, 0) is 24.3 Å². The molecule has 180 valence electrons. The number of benzene rings is 1. The van der Waals surface area contributed by atoms with Crippen molar-refractivity contribution in [2.45, 2.75) is 18.8 Å². The topological polar surface area (TPSA) is 105 Å². The third-order valence-electron chi connectivity index (χ3n) is 6.86. The Morgan fingerprint density at radius 1 is 1.03 bits per heavy atom. The highest BCUT2D eigenvalue weighted by Gasteiger charge is 2.28. The number of amides is 1. The zero-order valence-electron chi connectivity index (χ0n) is 19.7. The number of hydrogen-bond acceptors (Lipinski definition) is 7. The first-order valence-corrected chi connectivity index (χ1v) is 12.1. The molecule has 6 rings (SSSR count). The molecular formula is C25H28N8O2. The van der Waals surface area contributed by atoms with Gasteiger partial charge >= 0.3 is 0 Å². The van der Waals surface area contributed by atoms with Crippen molar-refractivity contribution in [3.8, 4) is 11.4 Å². The average molecular weight is 473 g/mol. The van der Waals surface area contributed by atoms with Crippen molar-refractivity contribution in [3.63, 3.8) is 0 Å². The van der Waals surface area contributed by atoms with Gasteiger partial charge < -0.3 is 19.5 Å². The molecule has 1 amide bonds. The van der Waals surface area contributed by atoms with Gasteiger partial charge in [0.25, 0.3) is 5.91 Å². The quantitative estimate of drug-likeness (QED) is 0.487. The predicted molar refractivity (Wildman–Crippen MR) is 131 cm³/mol. The van der Waals surface area contributed by atoms with Crippen molar-refractivity contribution in [1.29, 1.82) is 0 Å². The molecule has 4 aromatic rings. The summed E-state index contributed by atoms with van der Waals surface area (Å²) in [6, 6.07) is 10.5. The van der Waals surface area contributed by atoms with Crippen LogP contribution >= 0.6 is 0 Å². The molecule has 5 heterocycles. The van der Waals surface area contributed by atoms with E-state index in [1.54, 1.807) is 10.9 Å². The lowest BCUT2D eigenvalue weighted by Crippen LogP contribution is -2.38. The number of H-pyrrole nitrogens is 1. The number of aromatic amines is 1. The molecule has 2 saturated heterocycles. The fourth-order valence-electron chi connectivity index (χ4n) is 4.94. The van der Waals surface area contributed by atoms with Crippen LogP contribution < -0.4 is 4.90 Å². The predicted octanol–water partition coefficient (Wildman–Crippen LogP) is 2.61. The normalized spacial score (nSPS) is 17.3. The number of likely N-dealkylation sites (tertiary alicyclic amines) is 1. The van der Waals surface area contributed by atoms with Crippen LogP contribution in [0.5, 0.6) is 0 Å². The van der Waals surface area contributed by atoms with Crippen LogP contribution in [0.2, 0.25) is 0 Å². The van der Waals surface area contributed by atoms with Crippen LogP contribution in [-0.2, 0) is 11.8 Å². The molecule has 0 bridgehead atoms. The van der Waals surface area contributed by atoms with Crippen LogP contribution in [0, 0.1) is 0 Å². The number of piperidine rings is 1. The Kier molecular flexibility index (Phi) is 5.65. The van der Waals surface area contributed by atoms with Crippen molar-refractivity contribution in [1.82, 2.24) is 34.6 Å². The van der Waals surface area contributed by atoms with E-state index in [2.05, 4.69) is 39.2 Å². The molecule has 2 fully saturated rings. The minimum Gasteiger partial charge on any atom is -0.378 e. The summed E-state index contributed by atoms with van der Waals surface area (Å²) in [6.45, 7) is 4.08. The van der Waals surface area contributed by atoms with E-state index in [0.29, 0.717) is 68.1 Å². The first-order chi connectivity index (χ1) is 17.2.